The number of pyridine rings is 3. The van der Waals surface area contributed by atoms with Crippen LogP contribution in [0.15, 0.2) is 36.8 Å². The van der Waals surface area contributed by atoms with Gasteiger partial charge in [-0.25, -0.2) is 28.2 Å². The highest BCUT2D eigenvalue weighted by Crippen LogP contribution is 2.32. The van der Waals surface area contributed by atoms with E-state index in [2.05, 4.69) is 30.1 Å². The number of hydrogen-bond donors (Lipinski definition) is 1. The summed E-state index contributed by atoms with van der Waals surface area (Å²) in [5.41, 5.74) is 7.27. The van der Waals surface area contributed by atoms with E-state index in [-0.39, 0.29) is 16.9 Å². The molecule has 150 valence electrons. The molecule has 11 heteroatoms. The highest BCUT2D eigenvalue weighted by atomic mass is 19.3. The maximum atomic E-state index is 13.4. The Bertz CT molecular complexity index is 1400. The minimum absolute atomic E-state index is 0.206. The summed E-state index contributed by atoms with van der Waals surface area (Å²) in [4.78, 5) is 16.8. The van der Waals surface area contributed by atoms with E-state index in [0.717, 1.165) is 11.4 Å². The van der Waals surface area contributed by atoms with Gasteiger partial charge in [0, 0.05) is 47.5 Å². The second-order valence-corrected chi connectivity index (χ2v) is 6.77. The molecule has 30 heavy (non-hydrogen) atoms. The van der Waals surface area contributed by atoms with Gasteiger partial charge in [0.15, 0.2) is 17.3 Å². The Kier molecular flexibility index (Phi) is 3.91. The standard InChI is InChI=1S/C19H15F2N9/c1-9-25-18(27-29(9)2)10-3-4-15-26-19(28-30(15)8-10)13-7-24-16(17(20)21)12-6-23-14(22)5-11(12)13/h3-8,17H,1-2H3,(H2,22,23). The maximum absolute atomic E-state index is 13.4. The monoisotopic (exact) mass is 407 g/mol. The number of rotatable bonds is 3. The summed E-state index contributed by atoms with van der Waals surface area (Å²) in [7, 11) is 1.82. The van der Waals surface area contributed by atoms with E-state index >= 15 is 0 Å². The fourth-order valence-corrected chi connectivity index (χ4v) is 3.24. The van der Waals surface area contributed by atoms with Crippen LogP contribution in [0.5, 0.6) is 0 Å². The Labute approximate surface area is 168 Å². The largest absolute Gasteiger partial charge is 0.384 e. The summed E-state index contributed by atoms with van der Waals surface area (Å²) < 4.78 is 30.0. The van der Waals surface area contributed by atoms with Gasteiger partial charge in [0.25, 0.3) is 6.43 Å². The van der Waals surface area contributed by atoms with Gasteiger partial charge in [-0.3, -0.25) is 9.67 Å². The normalized spacial score (nSPS) is 11.8. The predicted octanol–water partition coefficient (Wildman–Crippen LogP) is 2.96. The molecular formula is C19H15F2N9. The minimum atomic E-state index is -2.74. The van der Waals surface area contributed by atoms with Crippen molar-refractivity contribution in [3.63, 3.8) is 0 Å². The van der Waals surface area contributed by atoms with Gasteiger partial charge >= 0.3 is 0 Å². The Morgan fingerprint density at radius 2 is 1.83 bits per heavy atom. The van der Waals surface area contributed by atoms with E-state index in [1.165, 1.54) is 18.5 Å². The predicted molar refractivity (Wildman–Crippen MR) is 106 cm³/mol. The molecule has 0 saturated heterocycles. The lowest BCUT2D eigenvalue weighted by molar-refractivity contribution is 0.148. The van der Waals surface area contributed by atoms with Crippen LogP contribution < -0.4 is 5.73 Å². The molecule has 5 rings (SSSR count). The number of fused-ring (bicyclic) bond motifs is 2. The van der Waals surface area contributed by atoms with Crippen molar-refractivity contribution in [2.45, 2.75) is 13.3 Å². The van der Waals surface area contributed by atoms with Gasteiger partial charge in [-0.15, -0.1) is 5.10 Å². The number of aromatic nitrogens is 8. The molecule has 0 spiro atoms. The quantitative estimate of drug-likeness (QED) is 0.489. The number of nitrogen functional groups attached to an aromatic ring is 1. The summed E-state index contributed by atoms with van der Waals surface area (Å²) in [6, 6.07) is 5.16. The number of hydrogen-bond acceptors (Lipinski definition) is 7. The summed E-state index contributed by atoms with van der Waals surface area (Å²) in [6.45, 7) is 1.87. The van der Waals surface area contributed by atoms with Gasteiger partial charge in [-0.1, -0.05) is 0 Å². The summed E-state index contributed by atoms with van der Waals surface area (Å²) in [6.07, 6.45) is 1.66. The van der Waals surface area contributed by atoms with Crippen LogP contribution in [0.3, 0.4) is 0 Å². The third-order valence-electron chi connectivity index (χ3n) is 4.84. The first kappa shape index (κ1) is 18.0. The Morgan fingerprint density at radius 3 is 2.57 bits per heavy atom. The topological polar surface area (TPSA) is 113 Å². The van der Waals surface area contributed by atoms with Gasteiger partial charge in [0.05, 0.1) is 0 Å². The molecule has 0 aliphatic rings. The number of nitrogens with two attached hydrogens (primary N) is 1. The van der Waals surface area contributed by atoms with Crippen LogP contribution in [0.2, 0.25) is 0 Å². The van der Waals surface area contributed by atoms with E-state index in [1.54, 1.807) is 21.5 Å². The molecule has 5 aromatic rings. The zero-order chi connectivity index (χ0) is 21.0. The third-order valence-corrected chi connectivity index (χ3v) is 4.84. The van der Waals surface area contributed by atoms with Crippen molar-refractivity contribution in [1.82, 2.24) is 39.3 Å². The van der Waals surface area contributed by atoms with Crippen molar-refractivity contribution in [3.8, 4) is 22.8 Å². The van der Waals surface area contributed by atoms with Crippen LogP contribution in [0, 0.1) is 6.92 Å². The van der Waals surface area contributed by atoms with E-state index in [9.17, 15) is 8.78 Å². The molecule has 5 aromatic heterocycles. The molecule has 0 aliphatic heterocycles. The number of aryl methyl sites for hydroxylation is 2. The average Bonchev–Trinajstić information content (AvgIpc) is 3.29. The molecule has 0 fully saturated rings. The smallest absolute Gasteiger partial charge is 0.281 e. The molecule has 0 aliphatic carbocycles. The summed E-state index contributed by atoms with van der Waals surface area (Å²) in [5, 5.41) is 9.55. The van der Waals surface area contributed by atoms with Gasteiger partial charge in [-0.05, 0) is 25.1 Å². The van der Waals surface area contributed by atoms with E-state index in [0.29, 0.717) is 28.2 Å². The van der Waals surface area contributed by atoms with Crippen molar-refractivity contribution in [3.05, 3.63) is 48.3 Å². The van der Waals surface area contributed by atoms with Crippen molar-refractivity contribution in [1.29, 1.82) is 0 Å². The number of alkyl halides is 2. The third kappa shape index (κ3) is 2.82. The second kappa shape index (κ2) is 6.51. The summed E-state index contributed by atoms with van der Waals surface area (Å²) in [5.74, 6) is 1.90. The molecule has 0 radical (unpaired) electrons. The molecule has 0 aromatic carbocycles. The molecule has 0 unspecified atom stereocenters. The van der Waals surface area contributed by atoms with Gasteiger partial charge in [0.1, 0.15) is 17.3 Å². The van der Waals surface area contributed by atoms with Crippen molar-refractivity contribution in [2.75, 3.05) is 5.73 Å². The second-order valence-electron chi connectivity index (χ2n) is 6.77. The van der Waals surface area contributed by atoms with Crippen LogP contribution in [0.25, 0.3) is 39.2 Å². The van der Waals surface area contributed by atoms with E-state index in [4.69, 9.17) is 5.73 Å². The molecule has 0 amide bonds. The van der Waals surface area contributed by atoms with E-state index < -0.39 is 6.43 Å². The molecule has 2 N–H and O–H groups in total. The highest BCUT2D eigenvalue weighted by molar-refractivity contribution is 5.97. The van der Waals surface area contributed by atoms with Gasteiger partial charge < -0.3 is 5.73 Å². The SMILES string of the molecule is Cc1nc(-c2ccc3nc(-c4cnc(C(F)F)c5cnc(N)cc45)nn3c2)nn1C. The lowest BCUT2D eigenvalue weighted by atomic mass is 10.1. The zero-order valence-corrected chi connectivity index (χ0v) is 16.0. The lowest BCUT2D eigenvalue weighted by Gasteiger charge is -2.08. The van der Waals surface area contributed by atoms with Crippen LogP contribution in [0.1, 0.15) is 17.9 Å². The maximum Gasteiger partial charge on any atom is 0.281 e. The Morgan fingerprint density at radius 1 is 1.00 bits per heavy atom. The average molecular weight is 407 g/mol. The molecule has 5 heterocycles. The van der Waals surface area contributed by atoms with Gasteiger partial charge in [0.2, 0.25) is 0 Å². The fraction of sp³-hybridized carbons (Fsp3) is 0.158. The van der Waals surface area contributed by atoms with Crippen LogP contribution in [-0.4, -0.2) is 39.3 Å². The fourth-order valence-electron chi connectivity index (χ4n) is 3.24. The number of nitrogens with zero attached hydrogens (tertiary/aromatic N) is 8. The zero-order valence-electron chi connectivity index (χ0n) is 16.0. The molecular weight excluding hydrogens is 392 g/mol. The van der Waals surface area contributed by atoms with Crippen LogP contribution in [-0.2, 0) is 7.05 Å². The minimum Gasteiger partial charge on any atom is -0.384 e. The summed E-state index contributed by atoms with van der Waals surface area (Å²) >= 11 is 0. The molecule has 0 atom stereocenters. The van der Waals surface area contributed by atoms with Crippen molar-refractivity contribution in [2.24, 2.45) is 7.05 Å². The number of halogens is 2. The first-order chi connectivity index (χ1) is 14.4. The van der Waals surface area contributed by atoms with Gasteiger partial charge in [-0.2, -0.15) is 5.10 Å². The van der Waals surface area contributed by atoms with Crippen LogP contribution >= 0.6 is 0 Å². The van der Waals surface area contributed by atoms with Crippen molar-refractivity contribution >= 4 is 22.2 Å². The molecule has 9 nitrogen and oxygen atoms in total. The first-order valence-corrected chi connectivity index (χ1v) is 8.98. The lowest BCUT2D eigenvalue weighted by Crippen LogP contribution is -1.98. The molecule has 0 bridgehead atoms. The Hall–Kier alpha value is -4.02. The molecule has 0 saturated carbocycles. The number of anilines is 1. The Balaban J connectivity index is 1.67. The van der Waals surface area contributed by atoms with Crippen molar-refractivity contribution < 1.29 is 8.78 Å². The first-order valence-electron chi connectivity index (χ1n) is 8.98. The van der Waals surface area contributed by atoms with Crippen LogP contribution in [0.4, 0.5) is 14.6 Å². The highest BCUT2D eigenvalue weighted by Gasteiger charge is 2.19. The van der Waals surface area contributed by atoms with E-state index in [1.807, 2.05) is 20.0 Å².